The maximum Gasteiger partial charge on any atom is 0.422 e. The van der Waals surface area contributed by atoms with Crippen molar-refractivity contribution in [3.05, 3.63) is 36.4 Å². The summed E-state index contributed by atoms with van der Waals surface area (Å²) in [6.07, 6.45) is -4.87. The van der Waals surface area contributed by atoms with Gasteiger partial charge >= 0.3 is 12.3 Å². The fourth-order valence-corrected chi connectivity index (χ4v) is 4.37. The number of hydrogen-bond donors (Lipinski definition) is 1. The monoisotopic (exact) mass is 437 g/mol. The van der Waals surface area contributed by atoms with Gasteiger partial charge in [-0.3, -0.25) is 4.79 Å². The molecule has 2 heterocycles. The molecule has 2 amide bonds. The average Bonchev–Trinajstić information content (AvgIpc) is 3.14. The normalized spacial score (nSPS) is 15.5. The third-order valence-corrected chi connectivity index (χ3v) is 5.93. The molecule has 0 aliphatic carbocycles. The van der Waals surface area contributed by atoms with E-state index < -0.39 is 18.9 Å². The number of likely N-dealkylation sites (tertiary alicyclic amines) is 1. The molecule has 1 saturated heterocycles. The van der Waals surface area contributed by atoms with E-state index >= 15 is 0 Å². The van der Waals surface area contributed by atoms with Crippen molar-refractivity contribution in [1.29, 1.82) is 0 Å². The summed E-state index contributed by atoms with van der Waals surface area (Å²) in [6, 6.07) is 11.9. The van der Waals surface area contributed by atoms with Crippen LogP contribution in [0.15, 0.2) is 36.4 Å². The van der Waals surface area contributed by atoms with Crippen molar-refractivity contribution in [1.82, 2.24) is 9.88 Å². The van der Waals surface area contributed by atoms with E-state index in [9.17, 15) is 22.8 Å². The first-order valence-corrected chi connectivity index (χ1v) is 10.2. The Bertz CT molecular complexity index is 1090. The van der Waals surface area contributed by atoms with Gasteiger partial charge in [-0.2, -0.15) is 13.2 Å². The Morgan fingerprint density at radius 3 is 2.63 bits per heavy atom. The minimum absolute atomic E-state index is 0.166. The van der Waals surface area contributed by atoms with Gasteiger partial charge in [0.1, 0.15) is 0 Å². The predicted molar refractivity (Wildman–Crippen MR) is 107 cm³/mol. The number of fused-ring (bicyclic) bond motifs is 3. The molecular weight excluding hydrogens is 419 g/mol. The van der Waals surface area contributed by atoms with Gasteiger partial charge in [-0.25, -0.2) is 9.78 Å². The smallest absolute Gasteiger partial charge is 0.422 e. The Morgan fingerprint density at radius 1 is 1.17 bits per heavy atom. The lowest BCUT2D eigenvalue weighted by atomic mass is 9.96. The molecule has 10 heteroatoms. The van der Waals surface area contributed by atoms with Crippen LogP contribution < -0.4 is 5.32 Å². The molecule has 1 N–H and O–H groups in total. The summed E-state index contributed by atoms with van der Waals surface area (Å²) in [5, 5.41) is 5.42. The van der Waals surface area contributed by atoms with Gasteiger partial charge in [-0.05, 0) is 24.3 Å². The lowest BCUT2D eigenvalue weighted by Gasteiger charge is -2.30. The summed E-state index contributed by atoms with van der Waals surface area (Å²) in [7, 11) is 0. The zero-order valence-electron chi connectivity index (χ0n) is 15.7. The summed E-state index contributed by atoms with van der Waals surface area (Å²) >= 11 is 1.38. The van der Waals surface area contributed by atoms with Crippen LogP contribution in [-0.4, -0.2) is 47.8 Å². The zero-order valence-corrected chi connectivity index (χ0v) is 16.6. The fourth-order valence-electron chi connectivity index (χ4n) is 3.48. The number of anilines is 1. The van der Waals surface area contributed by atoms with Crippen molar-refractivity contribution in [2.24, 2.45) is 5.92 Å². The molecule has 0 bridgehead atoms. The molecule has 1 aliphatic heterocycles. The number of amides is 2. The van der Waals surface area contributed by atoms with E-state index in [2.05, 4.69) is 15.0 Å². The first-order chi connectivity index (χ1) is 14.3. The Labute approximate surface area is 173 Å². The Hall–Kier alpha value is -2.88. The zero-order chi connectivity index (χ0) is 21.3. The van der Waals surface area contributed by atoms with Crippen LogP contribution in [0.25, 0.3) is 21.0 Å². The number of nitrogens with one attached hydrogen (secondary N) is 1. The van der Waals surface area contributed by atoms with Gasteiger partial charge < -0.3 is 15.0 Å². The molecule has 0 spiro atoms. The standard InChI is InChI=1S/C20H18F3N3O3S/c21-20(22,23)11-29-19(28)26-9-7-13(8-10-26)17(27)25-18-24-16-14-4-2-1-3-12(14)5-6-15(16)30-18/h1-6,13H,7-11H2,(H,24,25,27). The highest BCUT2D eigenvalue weighted by atomic mass is 32.1. The highest BCUT2D eigenvalue weighted by Gasteiger charge is 2.33. The lowest BCUT2D eigenvalue weighted by molar-refractivity contribution is -0.162. The number of ether oxygens (including phenoxy) is 1. The van der Waals surface area contributed by atoms with Crippen LogP contribution in [0.5, 0.6) is 0 Å². The quantitative estimate of drug-likeness (QED) is 0.639. The van der Waals surface area contributed by atoms with E-state index in [0.29, 0.717) is 18.0 Å². The third-order valence-electron chi connectivity index (χ3n) is 5.00. The van der Waals surface area contributed by atoms with E-state index in [1.54, 1.807) is 0 Å². The van der Waals surface area contributed by atoms with E-state index in [4.69, 9.17) is 0 Å². The van der Waals surface area contributed by atoms with Crippen molar-refractivity contribution in [3.8, 4) is 0 Å². The van der Waals surface area contributed by atoms with Crippen LogP contribution in [0.3, 0.4) is 0 Å². The molecule has 158 valence electrons. The maximum absolute atomic E-state index is 12.6. The van der Waals surface area contributed by atoms with E-state index in [1.807, 2.05) is 36.4 Å². The van der Waals surface area contributed by atoms with Crippen molar-refractivity contribution < 1.29 is 27.5 Å². The minimum Gasteiger partial charge on any atom is -0.440 e. The molecule has 6 nitrogen and oxygen atoms in total. The molecular formula is C20H18F3N3O3S. The maximum atomic E-state index is 12.6. The Morgan fingerprint density at radius 2 is 1.90 bits per heavy atom. The van der Waals surface area contributed by atoms with E-state index in [0.717, 1.165) is 21.0 Å². The van der Waals surface area contributed by atoms with Gasteiger partial charge in [0, 0.05) is 24.4 Å². The highest BCUT2D eigenvalue weighted by molar-refractivity contribution is 7.22. The van der Waals surface area contributed by atoms with Gasteiger partial charge in [0.25, 0.3) is 0 Å². The molecule has 1 fully saturated rings. The summed E-state index contributed by atoms with van der Waals surface area (Å²) in [5.41, 5.74) is 0.829. The average molecular weight is 437 g/mol. The van der Waals surface area contributed by atoms with Crippen LogP contribution in [0, 0.1) is 5.92 Å². The molecule has 1 aromatic heterocycles. The molecule has 2 aromatic carbocycles. The summed E-state index contributed by atoms with van der Waals surface area (Å²) in [4.78, 5) is 30.1. The molecule has 4 rings (SSSR count). The number of hydrogen-bond acceptors (Lipinski definition) is 5. The second-order valence-electron chi connectivity index (χ2n) is 7.07. The second-order valence-corrected chi connectivity index (χ2v) is 8.10. The first-order valence-electron chi connectivity index (χ1n) is 9.38. The number of aromatic nitrogens is 1. The van der Waals surface area contributed by atoms with Crippen LogP contribution in [0.4, 0.5) is 23.1 Å². The fraction of sp³-hybridized carbons (Fsp3) is 0.350. The van der Waals surface area contributed by atoms with Gasteiger partial charge in [-0.1, -0.05) is 41.7 Å². The second kappa shape index (κ2) is 8.10. The number of carbonyl (C=O) groups excluding carboxylic acids is 2. The number of alkyl halides is 3. The highest BCUT2D eigenvalue weighted by Crippen LogP contribution is 2.32. The largest absolute Gasteiger partial charge is 0.440 e. The van der Waals surface area contributed by atoms with Crippen LogP contribution >= 0.6 is 11.3 Å². The first kappa shape index (κ1) is 20.4. The minimum atomic E-state index is -4.56. The summed E-state index contributed by atoms with van der Waals surface area (Å²) < 4.78 is 41.7. The van der Waals surface area contributed by atoms with Crippen molar-refractivity contribution in [2.75, 3.05) is 25.0 Å². The SMILES string of the molecule is O=C(Nc1nc2c(ccc3ccccc32)s1)C1CCN(C(=O)OCC(F)(F)F)CC1. The number of piperidine rings is 1. The van der Waals surface area contributed by atoms with Crippen molar-refractivity contribution in [2.45, 2.75) is 19.0 Å². The Balaban J connectivity index is 1.36. The molecule has 1 aliphatic rings. The van der Waals surface area contributed by atoms with Crippen molar-refractivity contribution in [3.63, 3.8) is 0 Å². The van der Waals surface area contributed by atoms with Gasteiger partial charge in [-0.15, -0.1) is 0 Å². The van der Waals surface area contributed by atoms with E-state index in [-0.39, 0.29) is 24.9 Å². The third kappa shape index (κ3) is 4.48. The van der Waals surface area contributed by atoms with Gasteiger partial charge in [0.05, 0.1) is 10.2 Å². The predicted octanol–water partition coefficient (Wildman–Crippen LogP) is 4.80. The number of halogens is 3. The molecule has 0 saturated carbocycles. The van der Waals surface area contributed by atoms with Crippen LogP contribution in [0.1, 0.15) is 12.8 Å². The molecule has 0 atom stereocenters. The lowest BCUT2D eigenvalue weighted by Crippen LogP contribution is -2.42. The van der Waals surface area contributed by atoms with Gasteiger partial charge in [0.2, 0.25) is 5.91 Å². The molecule has 0 radical (unpaired) electrons. The Kier molecular flexibility index (Phi) is 5.50. The molecule has 0 unspecified atom stereocenters. The number of carbonyl (C=O) groups is 2. The summed E-state index contributed by atoms with van der Waals surface area (Å²) in [6.45, 7) is -1.28. The molecule has 3 aromatic rings. The van der Waals surface area contributed by atoms with Crippen LogP contribution in [-0.2, 0) is 9.53 Å². The molecule has 30 heavy (non-hydrogen) atoms. The van der Waals surface area contributed by atoms with Crippen molar-refractivity contribution >= 4 is 49.5 Å². The number of rotatable bonds is 3. The number of thiazole rings is 1. The van der Waals surface area contributed by atoms with Gasteiger partial charge in [0.15, 0.2) is 11.7 Å². The number of benzene rings is 2. The summed E-state index contributed by atoms with van der Waals surface area (Å²) in [5.74, 6) is -0.554. The van der Waals surface area contributed by atoms with Crippen LogP contribution in [0.2, 0.25) is 0 Å². The van der Waals surface area contributed by atoms with E-state index in [1.165, 1.54) is 16.2 Å². The topological polar surface area (TPSA) is 71.5 Å². The number of nitrogens with zero attached hydrogens (tertiary/aromatic N) is 2.